The molecule has 2 heterocycles. The van der Waals surface area contributed by atoms with E-state index < -0.39 is 11.9 Å². The van der Waals surface area contributed by atoms with Gasteiger partial charge in [0.05, 0.1) is 11.1 Å². The maximum Gasteiger partial charge on any atom is 0.338 e. The molecule has 0 aliphatic rings. The molecular formula is C14H11N3O3S. The Morgan fingerprint density at radius 2 is 2.05 bits per heavy atom. The van der Waals surface area contributed by atoms with Gasteiger partial charge in [0.25, 0.3) is 5.91 Å². The number of carboxylic acid groups (broad SMARTS) is 1. The van der Waals surface area contributed by atoms with Crippen LogP contribution in [0.3, 0.4) is 0 Å². The van der Waals surface area contributed by atoms with Crippen LogP contribution in [0.1, 0.15) is 20.8 Å². The van der Waals surface area contributed by atoms with Crippen molar-refractivity contribution in [2.24, 2.45) is 7.05 Å². The molecule has 1 aromatic carbocycles. The van der Waals surface area contributed by atoms with Gasteiger partial charge in [-0.15, -0.1) is 11.3 Å². The van der Waals surface area contributed by atoms with Crippen LogP contribution in [0.4, 0.5) is 5.00 Å². The first-order valence-corrected chi connectivity index (χ1v) is 7.00. The first-order valence-electron chi connectivity index (χ1n) is 6.12. The van der Waals surface area contributed by atoms with E-state index in [1.165, 1.54) is 17.4 Å². The summed E-state index contributed by atoms with van der Waals surface area (Å²) in [5.74, 6) is -1.49. The summed E-state index contributed by atoms with van der Waals surface area (Å²) in [6, 6.07) is 8.83. The Balaban J connectivity index is 1.98. The second-order valence-corrected chi connectivity index (χ2v) is 5.33. The summed E-state index contributed by atoms with van der Waals surface area (Å²) in [4.78, 5) is 23.4. The highest BCUT2D eigenvalue weighted by atomic mass is 32.1. The second-order valence-electron chi connectivity index (χ2n) is 4.41. The van der Waals surface area contributed by atoms with Gasteiger partial charge in [-0.3, -0.25) is 9.48 Å². The number of benzene rings is 1. The summed E-state index contributed by atoms with van der Waals surface area (Å²) in [6.45, 7) is 0. The molecule has 0 bridgehead atoms. The van der Waals surface area contributed by atoms with E-state index >= 15 is 0 Å². The van der Waals surface area contributed by atoms with Crippen molar-refractivity contribution in [3.05, 3.63) is 47.0 Å². The van der Waals surface area contributed by atoms with Gasteiger partial charge in [0.2, 0.25) is 0 Å². The highest BCUT2D eigenvalue weighted by molar-refractivity contribution is 7.14. The van der Waals surface area contributed by atoms with Gasteiger partial charge in [-0.2, -0.15) is 5.10 Å². The molecule has 106 valence electrons. The molecule has 0 aliphatic heterocycles. The third-order valence-electron chi connectivity index (χ3n) is 3.10. The zero-order valence-electron chi connectivity index (χ0n) is 11.0. The Hall–Kier alpha value is -2.67. The summed E-state index contributed by atoms with van der Waals surface area (Å²) in [5.41, 5.74) is 1.19. The van der Waals surface area contributed by atoms with Crippen molar-refractivity contribution >= 4 is 39.1 Å². The Morgan fingerprint density at radius 3 is 2.81 bits per heavy atom. The van der Waals surface area contributed by atoms with Crippen LogP contribution in [-0.2, 0) is 7.05 Å². The van der Waals surface area contributed by atoms with Crippen molar-refractivity contribution in [2.75, 3.05) is 5.32 Å². The number of thiophene rings is 1. The van der Waals surface area contributed by atoms with Crippen LogP contribution in [-0.4, -0.2) is 26.8 Å². The van der Waals surface area contributed by atoms with Gasteiger partial charge in [0.1, 0.15) is 5.00 Å². The SMILES string of the molecule is Cn1nc(C(=O)Nc2sccc2C(=O)O)c2ccccc21. The Morgan fingerprint density at radius 1 is 1.29 bits per heavy atom. The molecule has 0 aliphatic carbocycles. The maximum absolute atomic E-state index is 12.3. The first kappa shape index (κ1) is 13.3. The fourth-order valence-corrected chi connectivity index (χ4v) is 2.89. The number of hydrogen-bond donors (Lipinski definition) is 2. The number of hydrogen-bond acceptors (Lipinski definition) is 4. The number of nitrogens with one attached hydrogen (secondary N) is 1. The minimum Gasteiger partial charge on any atom is -0.478 e. The minimum absolute atomic E-state index is 0.0774. The Labute approximate surface area is 123 Å². The average Bonchev–Trinajstić information content (AvgIpc) is 3.04. The van der Waals surface area contributed by atoms with Crippen molar-refractivity contribution in [3.63, 3.8) is 0 Å². The van der Waals surface area contributed by atoms with E-state index in [-0.39, 0.29) is 11.3 Å². The number of nitrogens with zero attached hydrogens (tertiary/aromatic N) is 2. The van der Waals surface area contributed by atoms with Crippen LogP contribution < -0.4 is 5.32 Å². The quantitative estimate of drug-likeness (QED) is 0.778. The van der Waals surface area contributed by atoms with Gasteiger partial charge in [0.15, 0.2) is 5.69 Å². The zero-order valence-corrected chi connectivity index (χ0v) is 11.8. The Bertz CT molecular complexity index is 850. The van der Waals surface area contributed by atoms with E-state index in [4.69, 9.17) is 5.11 Å². The molecule has 0 unspecified atom stereocenters. The van der Waals surface area contributed by atoms with Crippen LogP contribution in [0.15, 0.2) is 35.7 Å². The Kier molecular flexibility index (Phi) is 3.19. The maximum atomic E-state index is 12.3. The van der Waals surface area contributed by atoms with Crippen LogP contribution in [0.5, 0.6) is 0 Å². The van der Waals surface area contributed by atoms with Crippen LogP contribution in [0.25, 0.3) is 10.9 Å². The number of carbonyl (C=O) groups is 2. The third-order valence-corrected chi connectivity index (χ3v) is 3.93. The summed E-state index contributed by atoms with van der Waals surface area (Å²) in [6.07, 6.45) is 0. The molecule has 21 heavy (non-hydrogen) atoms. The van der Waals surface area contributed by atoms with E-state index in [0.717, 1.165) is 10.9 Å². The number of carboxylic acids is 1. The van der Waals surface area contributed by atoms with Gasteiger partial charge in [0, 0.05) is 12.4 Å². The summed E-state index contributed by atoms with van der Waals surface area (Å²) < 4.78 is 1.62. The molecule has 7 heteroatoms. The molecule has 6 nitrogen and oxygen atoms in total. The fourth-order valence-electron chi connectivity index (χ4n) is 2.12. The van der Waals surface area contributed by atoms with Crippen LogP contribution in [0.2, 0.25) is 0 Å². The highest BCUT2D eigenvalue weighted by Gasteiger charge is 2.19. The summed E-state index contributed by atoms with van der Waals surface area (Å²) in [5, 5.41) is 18.5. The third kappa shape index (κ3) is 2.27. The van der Waals surface area contributed by atoms with E-state index in [1.54, 1.807) is 17.1 Å². The lowest BCUT2D eigenvalue weighted by molar-refractivity contribution is 0.0698. The standard InChI is InChI=1S/C14H11N3O3S/c1-17-10-5-3-2-4-8(10)11(16-17)12(18)15-13-9(14(19)20)6-7-21-13/h2-7H,1H3,(H,15,18)(H,19,20). The second kappa shape index (κ2) is 5.02. The number of carbonyl (C=O) groups excluding carboxylic acids is 1. The summed E-state index contributed by atoms with van der Waals surface area (Å²) >= 11 is 1.17. The molecule has 2 N–H and O–H groups in total. The zero-order chi connectivity index (χ0) is 15.0. The number of anilines is 1. The van der Waals surface area contributed by atoms with Gasteiger partial charge >= 0.3 is 5.97 Å². The van der Waals surface area contributed by atoms with Gasteiger partial charge in [-0.05, 0) is 17.5 Å². The van der Waals surface area contributed by atoms with Crippen molar-refractivity contribution in [2.45, 2.75) is 0 Å². The molecule has 0 atom stereocenters. The van der Waals surface area contributed by atoms with Crippen molar-refractivity contribution < 1.29 is 14.7 Å². The number of amides is 1. The van der Waals surface area contributed by atoms with E-state index in [1.807, 2.05) is 24.3 Å². The first-order chi connectivity index (χ1) is 10.1. The van der Waals surface area contributed by atoms with Crippen molar-refractivity contribution in [3.8, 4) is 0 Å². The number of para-hydroxylation sites is 1. The highest BCUT2D eigenvalue weighted by Crippen LogP contribution is 2.25. The molecular weight excluding hydrogens is 290 g/mol. The minimum atomic E-state index is -1.07. The molecule has 0 fully saturated rings. The molecule has 2 aromatic heterocycles. The van der Waals surface area contributed by atoms with E-state index in [0.29, 0.717) is 5.00 Å². The molecule has 3 aromatic rings. The van der Waals surface area contributed by atoms with Gasteiger partial charge < -0.3 is 10.4 Å². The van der Waals surface area contributed by atoms with E-state index in [9.17, 15) is 9.59 Å². The van der Waals surface area contributed by atoms with Crippen LogP contribution >= 0.6 is 11.3 Å². The van der Waals surface area contributed by atoms with Gasteiger partial charge in [-0.25, -0.2) is 4.79 Å². The fraction of sp³-hybridized carbons (Fsp3) is 0.0714. The summed E-state index contributed by atoms with van der Waals surface area (Å²) in [7, 11) is 1.76. The lowest BCUT2D eigenvalue weighted by atomic mass is 10.2. The molecule has 0 saturated heterocycles. The van der Waals surface area contributed by atoms with E-state index in [2.05, 4.69) is 10.4 Å². The van der Waals surface area contributed by atoms with Gasteiger partial charge in [-0.1, -0.05) is 18.2 Å². The molecule has 0 radical (unpaired) electrons. The predicted molar refractivity (Wildman–Crippen MR) is 79.9 cm³/mol. The number of fused-ring (bicyclic) bond motifs is 1. The lowest BCUT2D eigenvalue weighted by Gasteiger charge is -2.02. The molecule has 3 rings (SSSR count). The number of rotatable bonds is 3. The topological polar surface area (TPSA) is 84.2 Å². The van der Waals surface area contributed by atoms with Crippen molar-refractivity contribution in [1.29, 1.82) is 0 Å². The molecule has 0 spiro atoms. The smallest absolute Gasteiger partial charge is 0.338 e. The predicted octanol–water partition coefficient (Wildman–Crippen LogP) is 2.59. The normalized spacial score (nSPS) is 10.7. The number of aryl methyl sites for hydroxylation is 1. The largest absolute Gasteiger partial charge is 0.478 e. The monoisotopic (exact) mass is 301 g/mol. The molecule has 0 saturated carbocycles. The molecule has 1 amide bonds. The average molecular weight is 301 g/mol. The number of aromatic nitrogens is 2. The van der Waals surface area contributed by atoms with Crippen molar-refractivity contribution in [1.82, 2.24) is 9.78 Å². The lowest BCUT2D eigenvalue weighted by Crippen LogP contribution is -2.14. The van der Waals surface area contributed by atoms with Crippen LogP contribution in [0, 0.1) is 0 Å². The number of aromatic carboxylic acids is 1.